The Bertz CT molecular complexity index is 213. The molecule has 0 atom stereocenters. The maximum absolute atomic E-state index is 5.42. The van der Waals surface area contributed by atoms with Crippen LogP contribution < -0.4 is 5.73 Å². The van der Waals surface area contributed by atoms with E-state index in [0.29, 0.717) is 0 Å². The Labute approximate surface area is 82.0 Å². The van der Waals surface area contributed by atoms with Crippen LogP contribution in [-0.2, 0) is 6.42 Å². The molecule has 0 aliphatic carbocycles. The smallest absolute Gasteiger partial charge is 0.00772 e. The lowest BCUT2D eigenvalue weighted by molar-refractivity contribution is 0.745. The summed E-state index contributed by atoms with van der Waals surface area (Å²) < 4.78 is 0. The van der Waals surface area contributed by atoms with Crippen LogP contribution in [0.15, 0.2) is 24.3 Å². The van der Waals surface area contributed by atoms with E-state index < -0.39 is 0 Å². The highest BCUT2D eigenvalue weighted by Gasteiger charge is 1.91. The van der Waals surface area contributed by atoms with Crippen LogP contribution in [0.5, 0.6) is 0 Å². The molecule has 0 aromatic heterocycles. The number of hydrogen-bond acceptors (Lipinski definition) is 1. The lowest BCUT2D eigenvalue weighted by Crippen LogP contribution is -1.98. The van der Waals surface area contributed by atoms with Crippen molar-refractivity contribution in [2.75, 3.05) is 6.54 Å². The number of unbranched alkanes of at least 4 members (excludes halogenated alkanes) is 1. The Morgan fingerprint density at radius 2 is 1.69 bits per heavy atom. The van der Waals surface area contributed by atoms with Crippen molar-refractivity contribution in [2.45, 2.75) is 33.6 Å². The standard InChI is InChI=1S/C11H17N.CH4/c1-10-5-7-11(8-6-10)4-2-3-9-12;/h5-8H,2-4,9,12H2,1H3;1H4. The van der Waals surface area contributed by atoms with Crippen LogP contribution in [0, 0.1) is 6.92 Å². The summed E-state index contributed by atoms with van der Waals surface area (Å²) in [5.74, 6) is 0. The molecular weight excluding hydrogens is 158 g/mol. The third kappa shape index (κ3) is 4.69. The molecule has 0 saturated carbocycles. The summed E-state index contributed by atoms with van der Waals surface area (Å²) in [5, 5.41) is 0. The van der Waals surface area contributed by atoms with E-state index >= 15 is 0 Å². The molecule has 0 amide bonds. The maximum Gasteiger partial charge on any atom is -0.00772 e. The minimum Gasteiger partial charge on any atom is -0.330 e. The van der Waals surface area contributed by atoms with E-state index in [1.165, 1.54) is 17.5 Å². The molecule has 2 N–H and O–H groups in total. The zero-order chi connectivity index (χ0) is 8.81. The summed E-state index contributed by atoms with van der Waals surface area (Å²) in [6.45, 7) is 2.93. The summed E-state index contributed by atoms with van der Waals surface area (Å²) in [4.78, 5) is 0. The zero-order valence-corrected chi connectivity index (χ0v) is 7.72. The molecule has 0 aliphatic rings. The molecule has 0 heterocycles. The van der Waals surface area contributed by atoms with Gasteiger partial charge in [0.1, 0.15) is 0 Å². The van der Waals surface area contributed by atoms with E-state index in [4.69, 9.17) is 5.73 Å². The van der Waals surface area contributed by atoms with Crippen molar-refractivity contribution in [1.82, 2.24) is 0 Å². The summed E-state index contributed by atoms with van der Waals surface area (Å²) in [6.07, 6.45) is 3.50. The lowest BCUT2D eigenvalue weighted by atomic mass is 10.1. The average Bonchev–Trinajstić information content (AvgIpc) is 2.09. The van der Waals surface area contributed by atoms with Gasteiger partial charge in [-0.05, 0) is 38.3 Å². The van der Waals surface area contributed by atoms with Gasteiger partial charge in [-0.25, -0.2) is 0 Å². The topological polar surface area (TPSA) is 26.0 Å². The Morgan fingerprint density at radius 1 is 1.08 bits per heavy atom. The second-order valence-corrected chi connectivity index (χ2v) is 3.23. The second kappa shape index (κ2) is 6.67. The normalized spacial score (nSPS) is 9.38. The van der Waals surface area contributed by atoms with E-state index in [9.17, 15) is 0 Å². The molecule has 1 aromatic rings. The first kappa shape index (κ1) is 12.2. The van der Waals surface area contributed by atoms with Crippen molar-refractivity contribution in [3.8, 4) is 0 Å². The Hall–Kier alpha value is -0.820. The van der Waals surface area contributed by atoms with Gasteiger partial charge in [0.2, 0.25) is 0 Å². The SMILES string of the molecule is C.Cc1ccc(CCCCN)cc1. The van der Waals surface area contributed by atoms with Crippen LogP contribution in [0.3, 0.4) is 0 Å². The molecule has 0 spiro atoms. The highest BCUT2D eigenvalue weighted by Crippen LogP contribution is 2.06. The van der Waals surface area contributed by atoms with Gasteiger partial charge >= 0.3 is 0 Å². The number of aryl methyl sites for hydroxylation is 2. The van der Waals surface area contributed by atoms with Gasteiger partial charge in [0.05, 0.1) is 0 Å². The molecule has 1 rings (SSSR count). The molecule has 0 fully saturated rings. The van der Waals surface area contributed by atoms with Gasteiger partial charge in [0, 0.05) is 0 Å². The minimum atomic E-state index is 0. The second-order valence-electron chi connectivity index (χ2n) is 3.23. The minimum absolute atomic E-state index is 0. The zero-order valence-electron chi connectivity index (χ0n) is 7.72. The molecule has 0 saturated heterocycles. The van der Waals surface area contributed by atoms with E-state index in [0.717, 1.165) is 19.4 Å². The first-order valence-electron chi connectivity index (χ1n) is 4.58. The van der Waals surface area contributed by atoms with Crippen molar-refractivity contribution < 1.29 is 0 Å². The molecule has 74 valence electrons. The monoisotopic (exact) mass is 179 g/mol. The van der Waals surface area contributed by atoms with Gasteiger partial charge in [0.15, 0.2) is 0 Å². The molecule has 0 aliphatic heterocycles. The number of rotatable bonds is 4. The Kier molecular flexibility index (Phi) is 6.25. The maximum atomic E-state index is 5.42. The third-order valence-corrected chi connectivity index (χ3v) is 2.04. The van der Waals surface area contributed by atoms with Crippen LogP contribution >= 0.6 is 0 Å². The largest absolute Gasteiger partial charge is 0.330 e. The molecule has 1 aromatic carbocycles. The molecule has 0 bridgehead atoms. The molecular formula is C12H21N. The highest BCUT2D eigenvalue weighted by atomic mass is 14.5. The van der Waals surface area contributed by atoms with Crippen LogP contribution in [-0.4, -0.2) is 6.54 Å². The Balaban J connectivity index is 0.00000144. The number of benzene rings is 1. The van der Waals surface area contributed by atoms with Crippen LogP contribution in [0.2, 0.25) is 0 Å². The molecule has 13 heavy (non-hydrogen) atoms. The van der Waals surface area contributed by atoms with Gasteiger partial charge in [-0.2, -0.15) is 0 Å². The molecule has 1 heteroatoms. The number of nitrogens with two attached hydrogens (primary N) is 1. The predicted octanol–water partition coefficient (Wildman–Crippen LogP) is 2.91. The van der Waals surface area contributed by atoms with Crippen molar-refractivity contribution in [1.29, 1.82) is 0 Å². The van der Waals surface area contributed by atoms with Crippen molar-refractivity contribution in [3.05, 3.63) is 35.4 Å². The summed E-state index contributed by atoms with van der Waals surface area (Å²) in [7, 11) is 0. The van der Waals surface area contributed by atoms with Gasteiger partial charge in [-0.1, -0.05) is 37.3 Å². The van der Waals surface area contributed by atoms with Gasteiger partial charge in [-0.15, -0.1) is 0 Å². The predicted molar refractivity (Wildman–Crippen MR) is 59.9 cm³/mol. The van der Waals surface area contributed by atoms with Gasteiger partial charge < -0.3 is 5.73 Å². The highest BCUT2D eigenvalue weighted by molar-refractivity contribution is 5.21. The van der Waals surface area contributed by atoms with Crippen LogP contribution in [0.4, 0.5) is 0 Å². The van der Waals surface area contributed by atoms with Gasteiger partial charge in [0.25, 0.3) is 0 Å². The van der Waals surface area contributed by atoms with Crippen molar-refractivity contribution >= 4 is 0 Å². The average molecular weight is 179 g/mol. The quantitative estimate of drug-likeness (QED) is 0.707. The summed E-state index contributed by atoms with van der Waals surface area (Å²) in [5.41, 5.74) is 8.17. The fourth-order valence-corrected chi connectivity index (χ4v) is 1.23. The third-order valence-electron chi connectivity index (χ3n) is 2.04. The molecule has 1 nitrogen and oxygen atoms in total. The fourth-order valence-electron chi connectivity index (χ4n) is 1.23. The number of hydrogen-bond donors (Lipinski definition) is 1. The van der Waals surface area contributed by atoms with E-state index in [1.54, 1.807) is 0 Å². The first-order valence-corrected chi connectivity index (χ1v) is 4.58. The van der Waals surface area contributed by atoms with Crippen molar-refractivity contribution in [3.63, 3.8) is 0 Å². The molecule has 0 radical (unpaired) electrons. The van der Waals surface area contributed by atoms with E-state index in [1.807, 2.05) is 0 Å². The van der Waals surface area contributed by atoms with Gasteiger partial charge in [-0.3, -0.25) is 0 Å². The van der Waals surface area contributed by atoms with E-state index in [-0.39, 0.29) is 7.43 Å². The molecule has 0 unspecified atom stereocenters. The fraction of sp³-hybridized carbons (Fsp3) is 0.500. The van der Waals surface area contributed by atoms with Crippen molar-refractivity contribution in [2.24, 2.45) is 5.73 Å². The lowest BCUT2D eigenvalue weighted by Gasteiger charge is -2.00. The first-order chi connectivity index (χ1) is 5.83. The van der Waals surface area contributed by atoms with Crippen LogP contribution in [0.1, 0.15) is 31.4 Å². The van der Waals surface area contributed by atoms with Crippen LogP contribution in [0.25, 0.3) is 0 Å². The Morgan fingerprint density at radius 3 is 2.23 bits per heavy atom. The van der Waals surface area contributed by atoms with E-state index in [2.05, 4.69) is 31.2 Å². The summed E-state index contributed by atoms with van der Waals surface area (Å²) in [6, 6.07) is 8.73. The summed E-state index contributed by atoms with van der Waals surface area (Å²) >= 11 is 0.